The summed E-state index contributed by atoms with van der Waals surface area (Å²) in [4.78, 5) is 13.0. The zero-order valence-corrected chi connectivity index (χ0v) is 11.0. The Balaban J connectivity index is 2.43. The van der Waals surface area contributed by atoms with Crippen LogP contribution in [0.3, 0.4) is 0 Å². The predicted octanol–water partition coefficient (Wildman–Crippen LogP) is 2.54. The zero-order chi connectivity index (χ0) is 13.7. The normalized spacial score (nSPS) is 9.95. The first kappa shape index (κ1) is 13.0. The minimum absolute atomic E-state index is 0.541. The Kier molecular flexibility index (Phi) is 4.04. The van der Waals surface area contributed by atoms with E-state index in [2.05, 4.69) is 33.3 Å². The number of nitrogens with one attached hydrogen (secondary N) is 1. The third-order valence-electron chi connectivity index (χ3n) is 2.68. The Morgan fingerprint density at radius 2 is 2.05 bits per heavy atom. The van der Waals surface area contributed by atoms with Crippen LogP contribution >= 0.6 is 0 Å². The van der Waals surface area contributed by atoms with Gasteiger partial charge < -0.3 is 5.32 Å². The lowest BCUT2D eigenvalue weighted by molar-refractivity contribution is 0.967. The van der Waals surface area contributed by atoms with E-state index < -0.39 is 0 Å². The predicted molar refractivity (Wildman–Crippen MR) is 73.5 cm³/mol. The van der Waals surface area contributed by atoms with E-state index in [1.807, 2.05) is 6.92 Å². The molecule has 5 nitrogen and oxygen atoms in total. The summed E-state index contributed by atoms with van der Waals surface area (Å²) < 4.78 is 0. The van der Waals surface area contributed by atoms with Crippen LogP contribution in [0.2, 0.25) is 0 Å². The molecule has 0 aliphatic heterocycles. The molecule has 2 aromatic heterocycles. The molecule has 0 fully saturated rings. The second-order valence-corrected chi connectivity index (χ2v) is 4.12. The molecule has 0 atom stereocenters. The third-order valence-corrected chi connectivity index (χ3v) is 2.68. The molecule has 0 amide bonds. The lowest BCUT2D eigenvalue weighted by Gasteiger charge is -2.09. The third kappa shape index (κ3) is 2.86. The average Bonchev–Trinajstić information content (AvgIpc) is 2.45. The molecule has 0 unspecified atom stereocenters. The maximum absolute atomic E-state index is 9.08. The van der Waals surface area contributed by atoms with Gasteiger partial charge in [0, 0.05) is 18.9 Å². The van der Waals surface area contributed by atoms with E-state index >= 15 is 0 Å². The number of rotatable bonds is 4. The summed E-state index contributed by atoms with van der Waals surface area (Å²) in [5, 5.41) is 12.2. The molecular formula is C14H15N5. The molecule has 0 aromatic carbocycles. The largest absolute Gasteiger partial charge is 0.369 e. The Morgan fingerprint density at radius 1 is 1.26 bits per heavy atom. The van der Waals surface area contributed by atoms with Gasteiger partial charge in [0.25, 0.3) is 0 Å². The SMILES string of the molecule is CCCNc1nc(-c2nccnc2C)ccc1C#N. The van der Waals surface area contributed by atoms with Crippen molar-refractivity contribution in [2.75, 3.05) is 11.9 Å². The minimum atomic E-state index is 0.541. The topological polar surface area (TPSA) is 74.5 Å². The molecular weight excluding hydrogens is 238 g/mol. The van der Waals surface area contributed by atoms with Crippen molar-refractivity contribution >= 4 is 5.82 Å². The second kappa shape index (κ2) is 5.91. The summed E-state index contributed by atoms with van der Waals surface area (Å²) in [6.45, 7) is 4.74. The summed E-state index contributed by atoms with van der Waals surface area (Å²) in [7, 11) is 0. The molecule has 0 aliphatic carbocycles. The molecule has 0 saturated carbocycles. The van der Waals surface area contributed by atoms with E-state index in [9.17, 15) is 0 Å². The van der Waals surface area contributed by atoms with E-state index in [0.717, 1.165) is 30.0 Å². The molecule has 2 heterocycles. The van der Waals surface area contributed by atoms with Crippen molar-refractivity contribution in [1.29, 1.82) is 5.26 Å². The fourth-order valence-electron chi connectivity index (χ4n) is 1.72. The molecule has 0 saturated heterocycles. The van der Waals surface area contributed by atoms with Crippen LogP contribution in [0.15, 0.2) is 24.5 Å². The standard InChI is InChI=1S/C14H15N5/c1-3-6-18-14-11(9-15)4-5-12(19-14)13-10(2)16-7-8-17-13/h4-5,7-8H,3,6H2,1-2H3,(H,18,19). The quantitative estimate of drug-likeness (QED) is 0.906. The number of nitrogens with zero attached hydrogens (tertiary/aromatic N) is 4. The van der Waals surface area contributed by atoms with Crippen molar-refractivity contribution < 1.29 is 0 Å². The molecule has 0 radical (unpaired) electrons. The number of hydrogen-bond donors (Lipinski definition) is 1. The highest BCUT2D eigenvalue weighted by molar-refractivity contribution is 5.63. The number of anilines is 1. The molecule has 2 aromatic rings. The van der Waals surface area contributed by atoms with Crippen LogP contribution in [0.1, 0.15) is 24.6 Å². The molecule has 0 aliphatic rings. The summed E-state index contributed by atoms with van der Waals surface area (Å²) >= 11 is 0. The molecule has 0 spiro atoms. The molecule has 2 rings (SSSR count). The summed E-state index contributed by atoms with van der Waals surface area (Å²) in [6.07, 6.45) is 4.26. The van der Waals surface area contributed by atoms with Gasteiger partial charge in [0.1, 0.15) is 17.6 Å². The Hall–Kier alpha value is -2.48. The van der Waals surface area contributed by atoms with Gasteiger partial charge in [0.2, 0.25) is 0 Å². The van der Waals surface area contributed by atoms with E-state index in [-0.39, 0.29) is 0 Å². The van der Waals surface area contributed by atoms with Crippen LogP contribution in [0.25, 0.3) is 11.4 Å². The van der Waals surface area contributed by atoms with E-state index in [4.69, 9.17) is 5.26 Å². The van der Waals surface area contributed by atoms with Gasteiger partial charge in [-0.05, 0) is 25.5 Å². The Morgan fingerprint density at radius 3 is 2.74 bits per heavy atom. The van der Waals surface area contributed by atoms with Gasteiger partial charge in [-0.2, -0.15) is 5.26 Å². The Bertz CT molecular complexity index is 615. The molecule has 1 N–H and O–H groups in total. The highest BCUT2D eigenvalue weighted by Gasteiger charge is 2.09. The number of hydrogen-bond acceptors (Lipinski definition) is 5. The van der Waals surface area contributed by atoms with Crippen LogP contribution in [-0.4, -0.2) is 21.5 Å². The van der Waals surface area contributed by atoms with Crippen LogP contribution < -0.4 is 5.32 Å². The highest BCUT2D eigenvalue weighted by Crippen LogP contribution is 2.21. The second-order valence-electron chi connectivity index (χ2n) is 4.12. The highest BCUT2D eigenvalue weighted by atomic mass is 15.0. The molecule has 19 heavy (non-hydrogen) atoms. The Labute approximate surface area is 112 Å². The monoisotopic (exact) mass is 253 g/mol. The summed E-state index contributed by atoms with van der Waals surface area (Å²) in [6, 6.07) is 5.69. The van der Waals surface area contributed by atoms with Gasteiger partial charge in [0.05, 0.1) is 17.0 Å². The smallest absolute Gasteiger partial charge is 0.144 e. The fraction of sp³-hybridized carbons (Fsp3) is 0.286. The summed E-state index contributed by atoms with van der Waals surface area (Å²) in [5.74, 6) is 0.604. The van der Waals surface area contributed by atoms with Crippen molar-refractivity contribution in [1.82, 2.24) is 15.0 Å². The van der Waals surface area contributed by atoms with Gasteiger partial charge in [-0.15, -0.1) is 0 Å². The maximum atomic E-state index is 9.08. The van der Waals surface area contributed by atoms with Crippen LogP contribution in [0.4, 0.5) is 5.82 Å². The van der Waals surface area contributed by atoms with Crippen molar-refractivity contribution in [2.24, 2.45) is 0 Å². The summed E-state index contributed by atoms with van der Waals surface area (Å²) in [5.41, 5.74) is 2.83. The van der Waals surface area contributed by atoms with E-state index in [0.29, 0.717) is 11.4 Å². The van der Waals surface area contributed by atoms with Gasteiger partial charge in [-0.1, -0.05) is 6.92 Å². The number of nitriles is 1. The molecule has 5 heteroatoms. The lowest BCUT2D eigenvalue weighted by Crippen LogP contribution is -2.05. The van der Waals surface area contributed by atoms with Crippen LogP contribution in [-0.2, 0) is 0 Å². The fourth-order valence-corrected chi connectivity index (χ4v) is 1.72. The van der Waals surface area contributed by atoms with E-state index in [1.165, 1.54) is 0 Å². The molecule has 0 bridgehead atoms. The maximum Gasteiger partial charge on any atom is 0.144 e. The van der Waals surface area contributed by atoms with E-state index in [1.54, 1.807) is 24.5 Å². The average molecular weight is 253 g/mol. The minimum Gasteiger partial charge on any atom is -0.369 e. The van der Waals surface area contributed by atoms with Gasteiger partial charge >= 0.3 is 0 Å². The first-order valence-corrected chi connectivity index (χ1v) is 6.19. The molecule has 96 valence electrons. The van der Waals surface area contributed by atoms with Crippen molar-refractivity contribution in [3.8, 4) is 17.5 Å². The number of pyridine rings is 1. The van der Waals surface area contributed by atoms with Crippen molar-refractivity contribution in [2.45, 2.75) is 20.3 Å². The first-order valence-electron chi connectivity index (χ1n) is 6.19. The first-order chi connectivity index (χ1) is 9.26. The number of aryl methyl sites for hydroxylation is 1. The van der Waals surface area contributed by atoms with Crippen LogP contribution in [0.5, 0.6) is 0 Å². The van der Waals surface area contributed by atoms with Crippen molar-refractivity contribution in [3.05, 3.63) is 35.8 Å². The number of aromatic nitrogens is 3. The van der Waals surface area contributed by atoms with Gasteiger partial charge in [-0.25, -0.2) is 4.98 Å². The zero-order valence-electron chi connectivity index (χ0n) is 11.0. The lowest BCUT2D eigenvalue weighted by atomic mass is 10.2. The van der Waals surface area contributed by atoms with Gasteiger partial charge in [-0.3, -0.25) is 9.97 Å². The van der Waals surface area contributed by atoms with Crippen molar-refractivity contribution in [3.63, 3.8) is 0 Å². The van der Waals surface area contributed by atoms with Crippen LogP contribution in [0, 0.1) is 18.3 Å². The van der Waals surface area contributed by atoms with Gasteiger partial charge in [0.15, 0.2) is 0 Å².